The molecule has 146 valence electrons. The lowest BCUT2D eigenvalue weighted by atomic mass is 10.1. The van der Waals surface area contributed by atoms with Gasteiger partial charge in [0.25, 0.3) is 5.91 Å². The Kier molecular flexibility index (Phi) is 4.93. The number of hydrogen-bond donors (Lipinski definition) is 1. The Balaban J connectivity index is 1.48. The summed E-state index contributed by atoms with van der Waals surface area (Å²) in [4.78, 5) is 24.9. The molecule has 0 saturated heterocycles. The number of anilines is 1. The van der Waals surface area contributed by atoms with Crippen molar-refractivity contribution in [2.75, 3.05) is 5.32 Å². The molecular formula is C20H22FN5O2. The molecule has 1 saturated carbocycles. The molecule has 1 aromatic carbocycles. The van der Waals surface area contributed by atoms with Crippen molar-refractivity contribution in [3.8, 4) is 0 Å². The standard InChI is InChI=1S/C20H22FN5O2/c1-13-10-22-26(12-14-2-3-14)19(13)23-20(28)17-8-9-18(27)25(24-17)11-15-4-6-16(21)7-5-15/h4-7,10,14H,2-3,8-9,11-12H2,1H3,(H,23,28). The molecule has 1 aromatic heterocycles. The molecule has 0 atom stereocenters. The van der Waals surface area contributed by atoms with E-state index >= 15 is 0 Å². The number of hydrazone groups is 1. The van der Waals surface area contributed by atoms with Gasteiger partial charge in [-0.3, -0.25) is 9.59 Å². The van der Waals surface area contributed by atoms with E-state index in [1.807, 2.05) is 11.6 Å². The first-order valence-electron chi connectivity index (χ1n) is 9.45. The second-order valence-corrected chi connectivity index (χ2v) is 7.38. The summed E-state index contributed by atoms with van der Waals surface area (Å²) in [6, 6.07) is 5.88. The summed E-state index contributed by atoms with van der Waals surface area (Å²) in [5, 5.41) is 12.8. The first-order valence-corrected chi connectivity index (χ1v) is 9.45. The van der Waals surface area contributed by atoms with Gasteiger partial charge < -0.3 is 5.32 Å². The average Bonchev–Trinajstić information content (AvgIpc) is 3.44. The van der Waals surface area contributed by atoms with Crippen molar-refractivity contribution in [2.45, 2.75) is 45.7 Å². The molecule has 8 heteroatoms. The predicted octanol–water partition coefficient (Wildman–Crippen LogP) is 2.86. The van der Waals surface area contributed by atoms with Crippen LogP contribution in [-0.4, -0.2) is 32.3 Å². The third-order valence-corrected chi connectivity index (χ3v) is 5.00. The molecule has 2 aromatic rings. The smallest absolute Gasteiger partial charge is 0.273 e. The van der Waals surface area contributed by atoms with Gasteiger partial charge in [-0.1, -0.05) is 12.1 Å². The molecule has 0 spiro atoms. The van der Waals surface area contributed by atoms with Crippen LogP contribution in [0, 0.1) is 18.7 Å². The largest absolute Gasteiger partial charge is 0.305 e. The van der Waals surface area contributed by atoms with E-state index in [0.29, 0.717) is 23.9 Å². The summed E-state index contributed by atoms with van der Waals surface area (Å²) in [7, 11) is 0. The maximum atomic E-state index is 13.1. The number of benzene rings is 1. The number of aryl methyl sites for hydroxylation is 1. The van der Waals surface area contributed by atoms with Gasteiger partial charge in [0.15, 0.2) is 0 Å². The van der Waals surface area contributed by atoms with Gasteiger partial charge >= 0.3 is 0 Å². The van der Waals surface area contributed by atoms with E-state index in [1.165, 1.54) is 30.0 Å². The fraction of sp³-hybridized carbons (Fsp3) is 0.400. The van der Waals surface area contributed by atoms with Crippen molar-refractivity contribution in [3.63, 3.8) is 0 Å². The maximum Gasteiger partial charge on any atom is 0.273 e. The quantitative estimate of drug-likeness (QED) is 0.833. The van der Waals surface area contributed by atoms with Gasteiger partial charge in [-0.05, 0) is 43.4 Å². The van der Waals surface area contributed by atoms with E-state index in [9.17, 15) is 14.0 Å². The minimum absolute atomic E-state index is 0.157. The number of hydrogen-bond acceptors (Lipinski definition) is 4. The maximum absolute atomic E-state index is 13.1. The minimum Gasteiger partial charge on any atom is -0.305 e. The van der Waals surface area contributed by atoms with Crippen molar-refractivity contribution < 1.29 is 14.0 Å². The van der Waals surface area contributed by atoms with Crippen LogP contribution in [0.4, 0.5) is 10.2 Å². The third-order valence-electron chi connectivity index (χ3n) is 5.00. The van der Waals surface area contributed by atoms with Crippen LogP contribution in [0.5, 0.6) is 0 Å². The van der Waals surface area contributed by atoms with Crippen molar-refractivity contribution in [3.05, 3.63) is 47.4 Å². The zero-order chi connectivity index (χ0) is 19.7. The van der Waals surface area contributed by atoms with Gasteiger partial charge in [0.05, 0.1) is 12.7 Å². The van der Waals surface area contributed by atoms with Crippen LogP contribution >= 0.6 is 0 Å². The Morgan fingerprint density at radius 2 is 2.00 bits per heavy atom. The minimum atomic E-state index is -0.338. The highest BCUT2D eigenvalue weighted by Crippen LogP contribution is 2.32. The molecule has 28 heavy (non-hydrogen) atoms. The molecule has 1 fully saturated rings. The topological polar surface area (TPSA) is 79.6 Å². The number of amides is 2. The molecule has 0 bridgehead atoms. The molecule has 1 N–H and O–H groups in total. The van der Waals surface area contributed by atoms with Gasteiger partial charge in [0.2, 0.25) is 5.91 Å². The monoisotopic (exact) mass is 383 g/mol. The van der Waals surface area contributed by atoms with Gasteiger partial charge in [-0.2, -0.15) is 10.2 Å². The van der Waals surface area contributed by atoms with Crippen molar-refractivity contribution in [1.29, 1.82) is 0 Å². The molecule has 1 aliphatic heterocycles. The number of carbonyl (C=O) groups excluding carboxylic acids is 2. The van der Waals surface area contributed by atoms with E-state index in [-0.39, 0.29) is 30.6 Å². The molecule has 4 rings (SSSR count). The van der Waals surface area contributed by atoms with E-state index in [1.54, 1.807) is 18.3 Å². The van der Waals surface area contributed by atoms with Crippen LogP contribution in [0.3, 0.4) is 0 Å². The van der Waals surface area contributed by atoms with Gasteiger partial charge in [0.1, 0.15) is 17.3 Å². The number of nitrogens with zero attached hydrogens (tertiary/aromatic N) is 4. The highest BCUT2D eigenvalue weighted by Gasteiger charge is 2.27. The second kappa shape index (κ2) is 7.53. The van der Waals surface area contributed by atoms with Crippen LogP contribution in [-0.2, 0) is 22.7 Å². The zero-order valence-electron chi connectivity index (χ0n) is 15.7. The number of rotatable bonds is 6. The molecule has 0 radical (unpaired) electrons. The number of nitrogens with one attached hydrogen (secondary N) is 1. The van der Waals surface area contributed by atoms with Crippen LogP contribution < -0.4 is 5.32 Å². The van der Waals surface area contributed by atoms with E-state index in [0.717, 1.165) is 17.7 Å². The molecule has 2 heterocycles. The average molecular weight is 383 g/mol. The van der Waals surface area contributed by atoms with Crippen LogP contribution in [0.2, 0.25) is 0 Å². The molecule has 1 aliphatic carbocycles. The van der Waals surface area contributed by atoms with Gasteiger partial charge in [-0.25, -0.2) is 14.1 Å². The fourth-order valence-corrected chi connectivity index (χ4v) is 3.16. The van der Waals surface area contributed by atoms with Crippen molar-refractivity contribution in [2.24, 2.45) is 11.0 Å². The summed E-state index contributed by atoms with van der Waals surface area (Å²) in [6.07, 6.45) is 4.64. The van der Waals surface area contributed by atoms with Crippen LogP contribution in [0.15, 0.2) is 35.6 Å². The van der Waals surface area contributed by atoms with Crippen LogP contribution in [0.25, 0.3) is 0 Å². The lowest BCUT2D eigenvalue weighted by molar-refractivity contribution is -0.132. The molecule has 7 nitrogen and oxygen atoms in total. The first kappa shape index (κ1) is 18.3. The predicted molar refractivity (Wildman–Crippen MR) is 102 cm³/mol. The van der Waals surface area contributed by atoms with Crippen molar-refractivity contribution in [1.82, 2.24) is 14.8 Å². The van der Waals surface area contributed by atoms with E-state index in [2.05, 4.69) is 15.5 Å². The van der Waals surface area contributed by atoms with Crippen molar-refractivity contribution >= 4 is 23.3 Å². The Hall–Kier alpha value is -3.03. The summed E-state index contributed by atoms with van der Waals surface area (Å²) < 4.78 is 14.9. The fourth-order valence-electron chi connectivity index (χ4n) is 3.16. The molecule has 2 amide bonds. The zero-order valence-corrected chi connectivity index (χ0v) is 15.7. The Morgan fingerprint density at radius 1 is 1.25 bits per heavy atom. The summed E-state index contributed by atoms with van der Waals surface area (Å²) in [5.41, 5.74) is 1.95. The first-order chi connectivity index (χ1) is 13.5. The van der Waals surface area contributed by atoms with E-state index < -0.39 is 0 Å². The highest BCUT2D eigenvalue weighted by molar-refractivity contribution is 6.43. The Morgan fingerprint density at radius 3 is 2.71 bits per heavy atom. The highest BCUT2D eigenvalue weighted by atomic mass is 19.1. The lowest BCUT2D eigenvalue weighted by Gasteiger charge is -2.23. The molecule has 0 unspecified atom stereocenters. The third kappa shape index (κ3) is 4.11. The van der Waals surface area contributed by atoms with Gasteiger partial charge in [0, 0.05) is 24.9 Å². The van der Waals surface area contributed by atoms with Gasteiger partial charge in [-0.15, -0.1) is 0 Å². The van der Waals surface area contributed by atoms with E-state index in [4.69, 9.17) is 0 Å². The SMILES string of the molecule is Cc1cnn(CC2CC2)c1NC(=O)C1=NN(Cc2ccc(F)cc2)C(=O)CC1. The van der Waals surface area contributed by atoms with Crippen LogP contribution in [0.1, 0.15) is 36.8 Å². The lowest BCUT2D eigenvalue weighted by Crippen LogP contribution is -2.36. The molecular weight excluding hydrogens is 361 g/mol. The summed E-state index contributed by atoms with van der Waals surface area (Å²) >= 11 is 0. The Bertz CT molecular complexity index is 931. The number of halogens is 1. The molecule has 2 aliphatic rings. The normalized spacial score (nSPS) is 16.9. The Labute approximate surface area is 162 Å². The summed E-state index contributed by atoms with van der Waals surface area (Å²) in [6.45, 7) is 2.90. The number of aromatic nitrogens is 2. The second-order valence-electron chi connectivity index (χ2n) is 7.38. The number of carbonyl (C=O) groups is 2. The summed E-state index contributed by atoms with van der Waals surface area (Å²) in [5.74, 6) is 0.496.